The Hall–Kier alpha value is -2.57. The average molecular weight is 434 g/mol. The van der Waals surface area contributed by atoms with Crippen LogP contribution in [-0.4, -0.2) is 15.5 Å². The van der Waals surface area contributed by atoms with Gasteiger partial charge < -0.3 is 4.74 Å². The van der Waals surface area contributed by atoms with Gasteiger partial charge in [-0.15, -0.1) is 0 Å². The predicted molar refractivity (Wildman–Crippen MR) is 114 cm³/mol. The van der Waals surface area contributed by atoms with Crippen molar-refractivity contribution in [3.63, 3.8) is 0 Å². The largest absolute Gasteiger partial charge is 0.497 e. The summed E-state index contributed by atoms with van der Waals surface area (Å²) < 4.78 is 47.2. The predicted octanol–water partition coefficient (Wildman–Crippen LogP) is 5.75. The van der Waals surface area contributed by atoms with E-state index in [1.165, 1.54) is 40.7 Å². The molecule has 0 saturated carbocycles. The first-order valence-corrected chi connectivity index (χ1v) is 10.8. The quantitative estimate of drug-likeness (QED) is 0.497. The molecule has 7 heteroatoms. The summed E-state index contributed by atoms with van der Waals surface area (Å²) >= 11 is 6.18. The molecule has 29 heavy (non-hydrogen) atoms. The molecule has 0 amide bonds. The maximum absolute atomic E-state index is 13.6. The molecule has 0 aliphatic carbocycles. The van der Waals surface area contributed by atoms with E-state index in [2.05, 4.69) is 0 Å². The van der Waals surface area contributed by atoms with Gasteiger partial charge in [0.15, 0.2) is 0 Å². The molecule has 0 N–H and O–H groups in total. The normalized spacial score (nSPS) is 12.4. The molecule has 1 atom stereocenters. The van der Waals surface area contributed by atoms with Crippen molar-refractivity contribution in [2.24, 2.45) is 0 Å². The molecule has 3 rings (SSSR count). The third-order valence-corrected chi connectivity index (χ3v) is 7.01. The number of nitrogens with zero attached hydrogens (tertiary/aromatic N) is 1. The van der Waals surface area contributed by atoms with Crippen LogP contribution in [0.15, 0.2) is 71.6 Å². The monoisotopic (exact) mass is 433 g/mol. The fourth-order valence-corrected chi connectivity index (χ4v) is 4.96. The van der Waals surface area contributed by atoms with Crippen molar-refractivity contribution in [3.8, 4) is 5.75 Å². The molecule has 0 fully saturated rings. The summed E-state index contributed by atoms with van der Waals surface area (Å²) in [7, 11) is -2.44. The Kier molecular flexibility index (Phi) is 6.15. The molecule has 0 aromatic heterocycles. The number of halogens is 2. The van der Waals surface area contributed by atoms with Crippen LogP contribution in [0.4, 0.5) is 10.1 Å². The van der Waals surface area contributed by atoms with Gasteiger partial charge in [-0.3, -0.25) is 4.31 Å². The minimum absolute atomic E-state index is 0.0622. The number of hydrogen-bond donors (Lipinski definition) is 0. The van der Waals surface area contributed by atoms with Crippen LogP contribution in [0.5, 0.6) is 5.75 Å². The van der Waals surface area contributed by atoms with Crippen LogP contribution in [0.25, 0.3) is 0 Å². The summed E-state index contributed by atoms with van der Waals surface area (Å²) in [5.41, 5.74) is 1.86. The summed E-state index contributed by atoms with van der Waals surface area (Å²) in [5, 5.41) is 0.360. The van der Waals surface area contributed by atoms with Crippen molar-refractivity contribution < 1.29 is 17.5 Å². The van der Waals surface area contributed by atoms with Crippen LogP contribution >= 0.6 is 11.6 Å². The highest BCUT2D eigenvalue weighted by Gasteiger charge is 2.31. The molecule has 1 unspecified atom stereocenters. The molecule has 3 aromatic carbocycles. The molecule has 4 nitrogen and oxygen atoms in total. The summed E-state index contributed by atoms with van der Waals surface area (Å²) in [6, 6.07) is 16.6. The standard InChI is InChI=1S/C22H21ClFNO3S/c1-15-7-12-21(14-22(15)23)29(26,27)25(19-10-8-18(24)9-11-19)16(2)17-5-4-6-20(13-17)28-3/h4-14,16H,1-3H3. The number of rotatable bonds is 6. The second kappa shape index (κ2) is 8.43. The zero-order valence-corrected chi connectivity index (χ0v) is 17.8. The van der Waals surface area contributed by atoms with E-state index < -0.39 is 21.9 Å². The van der Waals surface area contributed by atoms with E-state index in [1.54, 1.807) is 45.2 Å². The van der Waals surface area contributed by atoms with E-state index in [0.717, 1.165) is 11.1 Å². The van der Waals surface area contributed by atoms with Crippen LogP contribution in [0.2, 0.25) is 5.02 Å². The van der Waals surface area contributed by atoms with Crippen LogP contribution in [0, 0.1) is 12.7 Å². The Labute approximate surface area is 175 Å². The molecule has 0 radical (unpaired) electrons. The Morgan fingerprint density at radius 2 is 1.72 bits per heavy atom. The summed E-state index contributed by atoms with van der Waals surface area (Å²) in [6.07, 6.45) is 0. The molecular weight excluding hydrogens is 413 g/mol. The molecule has 0 saturated heterocycles. The first-order chi connectivity index (χ1) is 13.7. The minimum atomic E-state index is -3.99. The first kappa shape index (κ1) is 21.1. The van der Waals surface area contributed by atoms with E-state index in [0.29, 0.717) is 16.5 Å². The van der Waals surface area contributed by atoms with Gasteiger partial charge in [-0.1, -0.05) is 29.8 Å². The van der Waals surface area contributed by atoms with Crippen molar-refractivity contribution in [1.82, 2.24) is 0 Å². The highest BCUT2D eigenvalue weighted by molar-refractivity contribution is 7.92. The lowest BCUT2D eigenvalue weighted by Gasteiger charge is -2.31. The Morgan fingerprint density at radius 3 is 2.34 bits per heavy atom. The number of methoxy groups -OCH3 is 1. The van der Waals surface area contributed by atoms with E-state index in [-0.39, 0.29) is 4.90 Å². The number of benzene rings is 3. The lowest BCUT2D eigenvalue weighted by Crippen LogP contribution is -2.33. The molecule has 3 aromatic rings. The second-order valence-corrected chi connectivity index (χ2v) is 8.86. The van der Waals surface area contributed by atoms with Crippen LogP contribution in [0.1, 0.15) is 24.1 Å². The lowest BCUT2D eigenvalue weighted by atomic mass is 10.1. The van der Waals surface area contributed by atoms with Gasteiger partial charge in [-0.05, 0) is 73.5 Å². The minimum Gasteiger partial charge on any atom is -0.497 e. The number of ether oxygens (including phenoxy) is 1. The smallest absolute Gasteiger partial charge is 0.264 e. The first-order valence-electron chi connectivity index (χ1n) is 8.94. The summed E-state index contributed by atoms with van der Waals surface area (Å²) in [4.78, 5) is 0.0622. The van der Waals surface area contributed by atoms with Crippen LogP contribution in [0.3, 0.4) is 0 Å². The Balaban J connectivity index is 2.16. The maximum atomic E-state index is 13.6. The van der Waals surface area contributed by atoms with Gasteiger partial charge in [0, 0.05) is 5.02 Å². The highest BCUT2D eigenvalue weighted by atomic mass is 35.5. The summed E-state index contributed by atoms with van der Waals surface area (Å²) in [6.45, 7) is 3.57. The molecule has 152 valence electrons. The molecular formula is C22H21ClFNO3S. The van der Waals surface area contributed by atoms with Crippen molar-refractivity contribution in [1.29, 1.82) is 0 Å². The van der Waals surface area contributed by atoms with Gasteiger partial charge in [0.2, 0.25) is 0 Å². The second-order valence-electron chi connectivity index (χ2n) is 6.64. The zero-order chi connectivity index (χ0) is 21.2. The molecule has 0 heterocycles. The van der Waals surface area contributed by atoms with Crippen LogP contribution < -0.4 is 9.04 Å². The topological polar surface area (TPSA) is 46.6 Å². The van der Waals surface area contributed by atoms with Gasteiger partial charge in [-0.25, -0.2) is 12.8 Å². The van der Waals surface area contributed by atoms with Gasteiger partial charge in [0.05, 0.1) is 23.7 Å². The lowest BCUT2D eigenvalue weighted by molar-refractivity contribution is 0.414. The van der Waals surface area contributed by atoms with Crippen molar-refractivity contribution >= 4 is 27.3 Å². The number of sulfonamides is 1. The molecule has 0 aliphatic rings. The van der Waals surface area contributed by atoms with Gasteiger partial charge in [-0.2, -0.15) is 0 Å². The number of anilines is 1. The third-order valence-electron chi connectivity index (χ3n) is 4.71. The highest BCUT2D eigenvalue weighted by Crippen LogP contribution is 2.35. The molecule has 0 aliphatic heterocycles. The third kappa shape index (κ3) is 4.38. The molecule has 0 spiro atoms. The number of hydrogen-bond acceptors (Lipinski definition) is 3. The fourth-order valence-electron chi connectivity index (χ4n) is 3.04. The van der Waals surface area contributed by atoms with Gasteiger partial charge >= 0.3 is 0 Å². The van der Waals surface area contributed by atoms with E-state index in [9.17, 15) is 12.8 Å². The average Bonchev–Trinajstić information content (AvgIpc) is 2.71. The van der Waals surface area contributed by atoms with Crippen molar-refractivity contribution in [3.05, 3.63) is 88.7 Å². The van der Waals surface area contributed by atoms with Crippen molar-refractivity contribution in [2.75, 3.05) is 11.4 Å². The number of aryl methyl sites for hydroxylation is 1. The van der Waals surface area contributed by atoms with Gasteiger partial charge in [0.1, 0.15) is 11.6 Å². The Morgan fingerprint density at radius 1 is 1.03 bits per heavy atom. The fraction of sp³-hybridized carbons (Fsp3) is 0.182. The SMILES string of the molecule is COc1cccc(C(C)N(c2ccc(F)cc2)S(=O)(=O)c2ccc(C)c(Cl)c2)c1. The van der Waals surface area contributed by atoms with Gasteiger partial charge in [0.25, 0.3) is 10.0 Å². The van der Waals surface area contributed by atoms with Crippen LogP contribution in [-0.2, 0) is 10.0 Å². The Bertz CT molecular complexity index is 1120. The zero-order valence-electron chi connectivity index (χ0n) is 16.3. The summed E-state index contributed by atoms with van der Waals surface area (Å²) in [5.74, 6) is 0.169. The van der Waals surface area contributed by atoms with Crippen molar-refractivity contribution in [2.45, 2.75) is 24.8 Å². The molecule has 0 bridgehead atoms. The van der Waals surface area contributed by atoms with E-state index >= 15 is 0 Å². The maximum Gasteiger partial charge on any atom is 0.264 e. The van der Waals surface area contributed by atoms with E-state index in [4.69, 9.17) is 16.3 Å². The van der Waals surface area contributed by atoms with E-state index in [1.807, 2.05) is 6.07 Å².